The van der Waals surface area contributed by atoms with Gasteiger partial charge in [0.2, 0.25) is 0 Å². The number of aromatic nitrogens is 3. The molecule has 7 nitrogen and oxygen atoms in total. The SMILES string of the molecule is Cc1nn(-c2ccc(F)cc2)c2sc(C(=O)NCc3ccc(N4CCOCC4)nc3)cc12. The average molecular weight is 452 g/mol. The zero-order chi connectivity index (χ0) is 22.1. The predicted molar refractivity (Wildman–Crippen MR) is 122 cm³/mol. The van der Waals surface area contributed by atoms with Crippen LogP contribution in [0.15, 0.2) is 48.7 Å². The van der Waals surface area contributed by atoms with Gasteiger partial charge >= 0.3 is 0 Å². The number of fused-ring (bicyclic) bond motifs is 1. The molecule has 1 fully saturated rings. The van der Waals surface area contributed by atoms with Gasteiger partial charge in [-0.25, -0.2) is 14.1 Å². The number of carbonyl (C=O) groups excluding carboxylic acids is 1. The Kier molecular flexibility index (Phi) is 5.59. The number of aryl methyl sites for hydroxylation is 1. The smallest absolute Gasteiger partial charge is 0.261 e. The molecule has 0 saturated carbocycles. The van der Waals surface area contributed by atoms with Crippen LogP contribution < -0.4 is 10.2 Å². The van der Waals surface area contributed by atoms with Gasteiger partial charge in [0.25, 0.3) is 5.91 Å². The number of nitrogens with zero attached hydrogens (tertiary/aromatic N) is 4. The third-order valence-electron chi connectivity index (χ3n) is 5.44. The van der Waals surface area contributed by atoms with Gasteiger partial charge in [0.05, 0.1) is 29.5 Å². The Hall–Kier alpha value is -3.30. The van der Waals surface area contributed by atoms with Crippen LogP contribution in [0.25, 0.3) is 15.9 Å². The molecule has 4 aromatic rings. The lowest BCUT2D eigenvalue weighted by Gasteiger charge is -2.27. The topological polar surface area (TPSA) is 72.3 Å². The van der Waals surface area contributed by atoms with Crippen molar-refractivity contribution in [2.24, 2.45) is 0 Å². The van der Waals surface area contributed by atoms with Gasteiger partial charge in [-0.05, 0) is 48.9 Å². The molecule has 1 N–H and O–H groups in total. The zero-order valence-corrected chi connectivity index (χ0v) is 18.4. The van der Waals surface area contributed by atoms with Crippen molar-refractivity contribution >= 4 is 33.3 Å². The van der Waals surface area contributed by atoms with E-state index < -0.39 is 0 Å². The second-order valence-corrected chi connectivity index (χ2v) is 8.64. The van der Waals surface area contributed by atoms with E-state index in [1.807, 2.05) is 25.1 Å². The van der Waals surface area contributed by atoms with Crippen molar-refractivity contribution < 1.29 is 13.9 Å². The number of halogens is 1. The van der Waals surface area contributed by atoms with E-state index >= 15 is 0 Å². The number of hydrogen-bond acceptors (Lipinski definition) is 6. The maximum Gasteiger partial charge on any atom is 0.261 e. The Morgan fingerprint density at radius 2 is 1.97 bits per heavy atom. The van der Waals surface area contributed by atoms with Gasteiger partial charge in [-0.2, -0.15) is 5.10 Å². The molecule has 0 radical (unpaired) electrons. The third-order valence-corrected chi connectivity index (χ3v) is 6.55. The van der Waals surface area contributed by atoms with Gasteiger partial charge in [0.15, 0.2) is 0 Å². The fraction of sp³-hybridized carbons (Fsp3) is 0.261. The van der Waals surface area contributed by atoms with E-state index in [9.17, 15) is 9.18 Å². The summed E-state index contributed by atoms with van der Waals surface area (Å²) >= 11 is 1.37. The summed E-state index contributed by atoms with van der Waals surface area (Å²) in [5.41, 5.74) is 2.51. The van der Waals surface area contributed by atoms with Gasteiger partial charge in [-0.1, -0.05) is 6.07 Å². The molecule has 0 unspecified atom stereocenters. The summed E-state index contributed by atoms with van der Waals surface area (Å²) in [5, 5.41) is 8.43. The van der Waals surface area contributed by atoms with E-state index in [1.54, 1.807) is 23.0 Å². The van der Waals surface area contributed by atoms with Gasteiger partial charge in [0.1, 0.15) is 16.5 Å². The van der Waals surface area contributed by atoms with Gasteiger partial charge in [0, 0.05) is 31.2 Å². The van der Waals surface area contributed by atoms with Crippen LogP contribution in [0.4, 0.5) is 10.2 Å². The average Bonchev–Trinajstić information content (AvgIpc) is 3.40. The molecule has 1 saturated heterocycles. The number of morpholine rings is 1. The monoisotopic (exact) mass is 451 g/mol. The molecule has 9 heteroatoms. The van der Waals surface area contributed by atoms with E-state index in [1.165, 1.54) is 23.5 Å². The van der Waals surface area contributed by atoms with Gasteiger partial charge in [-0.15, -0.1) is 11.3 Å². The summed E-state index contributed by atoms with van der Waals surface area (Å²) < 4.78 is 20.4. The van der Waals surface area contributed by atoms with Crippen LogP contribution in [-0.2, 0) is 11.3 Å². The number of amides is 1. The second-order valence-electron chi connectivity index (χ2n) is 7.61. The summed E-state index contributed by atoms with van der Waals surface area (Å²) in [7, 11) is 0. The molecule has 1 aromatic carbocycles. The molecule has 1 aliphatic heterocycles. The van der Waals surface area contributed by atoms with Crippen molar-refractivity contribution in [3.63, 3.8) is 0 Å². The van der Waals surface area contributed by atoms with Crippen molar-refractivity contribution in [2.75, 3.05) is 31.2 Å². The quantitative estimate of drug-likeness (QED) is 0.501. The van der Waals surface area contributed by atoms with E-state index in [4.69, 9.17) is 4.74 Å². The molecular weight excluding hydrogens is 429 g/mol. The Morgan fingerprint density at radius 1 is 1.19 bits per heavy atom. The lowest BCUT2D eigenvalue weighted by atomic mass is 10.2. The fourth-order valence-corrected chi connectivity index (χ4v) is 4.79. The van der Waals surface area contributed by atoms with Crippen molar-refractivity contribution in [3.05, 3.63) is 70.6 Å². The molecule has 1 amide bonds. The molecule has 32 heavy (non-hydrogen) atoms. The molecule has 3 aromatic heterocycles. The number of hydrogen-bond donors (Lipinski definition) is 1. The summed E-state index contributed by atoms with van der Waals surface area (Å²) in [4.78, 5) is 21.0. The van der Waals surface area contributed by atoms with Crippen LogP contribution in [0.3, 0.4) is 0 Å². The molecule has 1 aliphatic rings. The first-order valence-corrected chi connectivity index (χ1v) is 11.2. The summed E-state index contributed by atoms with van der Waals surface area (Å²) in [5.74, 6) is 0.481. The first-order chi connectivity index (χ1) is 15.6. The number of thiophene rings is 1. The number of pyridine rings is 1. The summed E-state index contributed by atoms with van der Waals surface area (Å²) in [6.07, 6.45) is 1.80. The van der Waals surface area contributed by atoms with Crippen molar-refractivity contribution in [3.8, 4) is 5.69 Å². The molecule has 0 aliphatic carbocycles. The highest BCUT2D eigenvalue weighted by Crippen LogP contribution is 2.30. The van der Waals surface area contributed by atoms with Crippen LogP contribution in [0.5, 0.6) is 0 Å². The van der Waals surface area contributed by atoms with Crippen LogP contribution >= 0.6 is 11.3 Å². The highest BCUT2D eigenvalue weighted by atomic mass is 32.1. The van der Waals surface area contributed by atoms with Crippen molar-refractivity contribution in [2.45, 2.75) is 13.5 Å². The molecule has 0 spiro atoms. The maximum atomic E-state index is 13.3. The molecule has 4 heterocycles. The highest BCUT2D eigenvalue weighted by molar-refractivity contribution is 7.20. The number of anilines is 1. The largest absolute Gasteiger partial charge is 0.378 e. The normalized spacial score (nSPS) is 14.1. The van der Waals surface area contributed by atoms with Crippen molar-refractivity contribution in [1.82, 2.24) is 20.1 Å². The lowest BCUT2D eigenvalue weighted by molar-refractivity contribution is 0.0955. The standard InChI is InChI=1S/C23H22FN5O2S/c1-15-19-12-20(32-23(19)29(27-15)18-5-3-17(24)4-6-18)22(30)26-14-16-2-7-21(25-13-16)28-8-10-31-11-9-28/h2-7,12-13H,8-11,14H2,1H3,(H,26,30). The fourth-order valence-electron chi connectivity index (χ4n) is 3.69. The summed E-state index contributed by atoms with van der Waals surface area (Å²) in [6, 6.07) is 12.0. The number of rotatable bonds is 5. The lowest BCUT2D eigenvalue weighted by Crippen LogP contribution is -2.36. The molecular formula is C23H22FN5O2S. The Bertz CT molecular complexity index is 1240. The molecule has 0 bridgehead atoms. The summed E-state index contributed by atoms with van der Waals surface area (Å²) in [6.45, 7) is 5.40. The zero-order valence-electron chi connectivity index (χ0n) is 17.5. The van der Waals surface area contributed by atoms with E-state index in [2.05, 4.69) is 20.3 Å². The highest BCUT2D eigenvalue weighted by Gasteiger charge is 2.17. The van der Waals surface area contributed by atoms with Crippen LogP contribution in [0.2, 0.25) is 0 Å². The number of nitrogens with one attached hydrogen (secondary N) is 1. The number of carbonyl (C=O) groups is 1. The first kappa shape index (κ1) is 20.6. The predicted octanol–water partition coefficient (Wildman–Crippen LogP) is 3.70. The first-order valence-electron chi connectivity index (χ1n) is 10.4. The van der Waals surface area contributed by atoms with Gasteiger partial charge in [-0.3, -0.25) is 4.79 Å². The van der Waals surface area contributed by atoms with Gasteiger partial charge < -0.3 is 15.0 Å². The molecule has 5 rings (SSSR count). The van der Waals surface area contributed by atoms with E-state index in [-0.39, 0.29) is 11.7 Å². The van der Waals surface area contributed by atoms with Crippen molar-refractivity contribution in [1.29, 1.82) is 0 Å². The van der Waals surface area contributed by atoms with E-state index in [0.29, 0.717) is 24.6 Å². The molecule has 164 valence electrons. The van der Waals surface area contributed by atoms with Crippen LogP contribution in [-0.4, -0.2) is 47.0 Å². The minimum absolute atomic E-state index is 0.145. The number of benzene rings is 1. The Morgan fingerprint density at radius 3 is 2.69 bits per heavy atom. The van der Waals surface area contributed by atoms with E-state index in [0.717, 1.165) is 46.1 Å². The maximum absolute atomic E-state index is 13.3. The minimum Gasteiger partial charge on any atom is -0.378 e. The third kappa shape index (κ3) is 4.09. The second kappa shape index (κ2) is 8.68. The Labute approximate surface area is 188 Å². The Balaban J connectivity index is 1.29. The number of ether oxygens (including phenoxy) is 1. The minimum atomic E-state index is -0.299. The van der Waals surface area contributed by atoms with Crippen LogP contribution in [0.1, 0.15) is 20.9 Å². The van der Waals surface area contributed by atoms with Crippen LogP contribution in [0, 0.1) is 12.7 Å². The molecule has 0 atom stereocenters.